The van der Waals surface area contributed by atoms with Gasteiger partial charge in [-0.2, -0.15) is 5.10 Å². The van der Waals surface area contributed by atoms with Gasteiger partial charge in [0.15, 0.2) is 5.82 Å². The van der Waals surface area contributed by atoms with Crippen molar-refractivity contribution in [2.24, 2.45) is 0 Å². The average Bonchev–Trinajstić information content (AvgIpc) is 3.03. The van der Waals surface area contributed by atoms with E-state index in [1.165, 1.54) is 25.7 Å². The van der Waals surface area contributed by atoms with Gasteiger partial charge in [-0.15, -0.1) is 0 Å². The molecule has 13 heavy (non-hydrogen) atoms. The van der Waals surface area contributed by atoms with Crippen LogP contribution >= 0.6 is 0 Å². The summed E-state index contributed by atoms with van der Waals surface area (Å²) in [6, 6.07) is 0.745. The lowest BCUT2D eigenvalue weighted by Gasteiger charge is -1.96. The second-order valence-corrected chi connectivity index (χ2v) is 4.07. The largest absolute Gasteiger partial charge is 0.307 e. The molecule has 1 heterocycles. The fourth-order valence-corrected chi connectivity index (χ4v) is 1.44. The van der Waals surface area contributed by atoms with Crippen molar-refractivity contribution in [3.63, 3.8) is 0 Å². The van der Waals surface area contributed by atoms with Crippen molar-refractivity contribution in [3.8, 4) is 0 Å². The summed E-state index contributed by atoms with van der Waals surface area (Å²) >= 11 is 0. The summed E-state index contributed by atoms with van der Waals surface area (Å²) in [5, 5.41) is 10.6. The molecule has 1 aromatic heterocycles. The second kappa shape index (κ2) is 2.80. The zero-order valence-corrected chi connectivity index (χ0v) is 7.58. The van der Waals surface area contributed by atoms with E-state index in [1.54, 1.807) is 0 Å². The van der Waals surface area contributed by atoms with Crippen molar-refractivity contribution in [2.45, 2.75) is 44.2 Å². The fraction of sp³-hybridized carbons (Fsp3) is 0.778. The highest BCUT2D eigenvalue weighted by Gasteiger charge is 2.28. The molecule has 1 aromatic rings. The van der Waals surface area contributed by atoms with Gasteiger partial charge in [-0.25, -0.2) is 4.98 Å². The number of hydrogen-bond donors (Lipinski definition) is 2. The lowest BCUT2D eigenvalue weighted by atomic mass is 10.4. The number of nitrogens with zero attached hydrogens (tertiary/aromatic N) is 2. The highest BCUT2D eigenvalue weighted by molar-refractivity contribution is 5.05. The molecule has 0 aliphatic heterocycles. The molecule has 0 bridgehead atoms. The number of aromatic amines is 1. The summed E-state index contributed by atoms with van der Waals surface area (Å²) in [4.78, 5) is 4.44. The van der Waals surface area contributed by atoms with Crippen LogP contribution in [0.1, 0.15) is 43.3 Å². The van der Waals surface area contributed by atoms with Crippen molar-refractivity contribution in [3.05, 3.63) is 11.6 Å². The van der Waals surface area contributed by atoms with Gasteiger partial charge in [0.1, 0.15) is 5.82 Å². The monoisotopic (exact) mass is 178 g/mol. The first-order valence-electron chi connectivity index (χ1n) is 5.06. The van der Waals surface area contributed by atoms with E-state index in [0.717, 1.165) is 24.2 Å². The molecule has 2 aliphatic rings. The van der Waals surface area contributed by atoms with Crippen molar-refractivity contribution in [1.29, 1.82) is 0 Å². The smallest absolute Gasteiger partial charge is 0.153 e. The molecule has 3 rings (SSSR count). The number of aromatic nitrogens is 3. The molecule has 0 aromatic carbocycles. The zero-order valence-electron chi connectivity index (χ0n) is 7.58. The van der Waals surface area contributed by atoms with Gasteiger partial charge in [0.05, 0.1) is 6.54 Å². The quantitative estimate of drug-likeness (QED) is 0.721. The van der Waals surface area contributed by atoms with Gasteiger partial charge in [-0.1, -0.05) is 0 Å². The first-order chi connectivity index (χ1) is 6.42. The highest BCUT2D eigenvalue weighted by atomic mass is 15.2. The van der Waals surface area contributed by atoms with E-state index < -0.39 is 0 Å². The van der Waals surface area contributed by atoms with Gasteiger partial charge in [-0.05, 0) is 25.7 Å². The van der Waals surface area contributed by atoms with Gasteiger partial charge in [0.25, 0.3) is 0 Å². The normalized spacial score (nSPS) is 22.2. The molecule has 0 unspecified atom stereocenters. The summed E-state index contributed by atoms with van der Waals surface area (Å²) in [5.74, 6) is 2.67. The topological polar surface area (TPSA) is 53.6 Å². The predicted octanol–water partition coefficient (Wildman–Crippen LogP) is 0.934. The van der Waals surface area contributed by atoms with E-state index in [0.29, 0.717) is 5.92 Å². The standard InChI is InChI=1S/C9H14N4/c1-2-6(1)9-11-8(12-13-9)5-10-7-3-4-7/h6-7,10H,1-5H2,(H,11,12,13). The Morgan fingerprint density at radius 1 is 1.31 bits per heavy atom. The third-order valence-corrected chi connectivity index (χ3v) is 2.63. The Kier molecular flexibility index (Phi) is 1.62. The summed E-state index contributed by atoms with van der Waals surface area (Å²) in [6.07, 6.45) is 5.19. The van der Waals surface area contributed by atoms with Crippen LogP contribution in [0.4, 0.5) is 0 Å². The molecule has 2 N–H and O–H groups in total. The number of rotatable bonds is 4. The molecule has 0 spiro atoms. The number of hydrogen-bond acceptors (Lipinski definition) is 3. The van der Waals surface area contributed by atoms with E-state index >= 15 is 0 Å². The molecular formula is C9H14N4. The molecule has 4 nitrogen and oxygen atoms in total. The van der Waals surface area contributed by atoms with Crippen LogP contribution in [0.3, 0.4) is 0 Å². The maximum atomic E-state index is 4.44. The van der Waals surface area contributed by atoms with Crippen molar-refractivity contribution < 1.29 is 0 Å². The molecule has 0 saturated heterocycles. The van der Waals surface area contributed by atoms with Crippen LogP contribution in [-0.2, 0) is 6.54 Å². The summed E-state index contributed by atoms with van der Waals surface area (Å²) in [5.41, 5.74) is 0. The number of nitrogens with one attached hydrogen (secondary N) is 2. The SMILES string of the molecule is C(NC1CC1)c1nc(C2CC2)n[nH]1. The maximum absolute atomic E-state index is 4.44. The Morgan fingerprint density at radius 2 is 2.15 bits per heavy atom. The van der Waals surface area contributed by atoms with Gasteiger partial charge < -0.3 is 5.32 Å². The van der Waals surface area contributed by atoms with E-state index in [4.69, 9.17) is 0 Å². The third-order valence-electron chi connectivity index (χ3n) is 2.63. The summed E-state index contributed by atoms with van der Waals surface area (Å²) in [7, 11) is 0. The van der Waals surface area contributed by atoms with Gasteiger partial charge >= 0.3 is 0 Å². The Hall–Kier alpha value is -0.900. The van der Waals surface area contributed by atoms with E-state index in [1.807, 2.05) is 0 Å². The molecule has 70 valence electrons. The van der Waals surface area contributed by atoms with E-state index in [2.05, 4.69) is 20.5 Å². The van der Waals surface area contributed by atoms with Crippen molar-refractivity contribution >= 4 is 0 Å². The van der Waals surface area contributed by atoms with Crippen LogP contribution in [0.15, 0.2) is 0 Å². The molecule has 0 atom stereocenters. The Bertz CT molecular complexity index is 298. The van der Waals surface area contributed by atoms with Gasteiger partial charge in [0, 0.05) is 12.0 Å². The average molecular weight is 178 g/mol. The van der Waals surface area contributed by atoms with Crippen LogP contribution in [0.2, 0.25) is 0 Å². The Balaban J connectivity index is 1.59. The molecular weight excluding hydrogens is 164 g/mol. The molecule has 4 heteroatoms. The third kappa shape index (κ3) is 1.72. The minimum Gasteiger partial charge on any atom is -0.307 e. The van der Waals surface area contributed by atoms with Crippen molar-refractivity contribution in [2.75, 3.05) is 0 Å². The minimum atomic E-state index is 0.658. The zero-order chi connectivity index (χ0) is 8.67. The first-order valence-corrected chi connectivity index (χ1v) is 5.06. The summed E-state index contributed by atoms with van der Waals surface area (Å²) in [6.45, 7) is 0.852. The van der Waals surface area contributed by atoms with Crippen LogP contribution in [0, 0.1) is 0 Å². The maximum Gasteiger partial charge on any atom is 0.153 e. The Morgan fingerprint density at radius 3 is 2.85 bits per heavy atom. The fourth-order valence-electron chi connectivity index (χ4n) is 1.44. The lowest BCUT2D eigenvalue weighted by molar-refractivity contribution is 0.659. The predicted molar refractivity (Wildman–Crippen MR) is 48.2 cm³/mol. The molecule has 0 amide bonds. The molecule has 2 aliphatic carbocycles. The van der Waals surface area contributed by atoms with Crippen LogP contribution in [0.5, 0.6) is 0 Å². The molecule has 0 radical (unpaired) electrons. The van der Waals surface area contributed by atoms with Crippen LogP contribution in [0.25, 0.3) is 0 Å². The van der Waals surface area contributed by atoms with E-state index in [9.17, 15) is 0 Å². The number of H-pyrrole nitrogens is 1. The molecule has 2 fully saturated rings. The Labute approximate surface area is 77.1 Å². The van der Waals surface area contributed by atoms with E-state index in [-0.39, 0.29) is 0 Å². The van der Waals surface area contributed by atoms with Gasteiger partial charge in [-0.3, -0.25) is 5.10 Å². The van der Waals surface area contributed by atoms with Crippen LogP contribution < -0.4 is 5.32 Å². The second-order valence-electron chi connectivity index (χ2n) is 4.07. The molecule has 2 saturated carbocycles. The first kappa shape index (κ1) is 7.50. The van der Waals surface area contributed by atoms with Crippen LogP contribution in [-0.4, -0.2) is 21.2 Å². The minimum absolute atomic E-state index is 0.658. The highest BCUT2D eigenvalue weighted by Crippen LogP contribution is 2.37. The lowest BCUT2D eigenvalue weighted by Crippen LogP contribution is -2.16. The summed E-state index contributed by atoms with van der Waals surface area (Å²) < 4.78 is 0. The van der Waals surface area contributed by atoms with Gasteiger partial charge in [0.2, 0.25) is 0 Å². The van der Waals surface area contributed by atoms with Crippen molar-refractivity contribution in [1.82, 2.24) is 20.5 Å².